The highest BCUT2D eigenvalue weighted by molar-refractivity contribution is 6.02. The topological polar surface area (TPSA) is 60.3 Å². The highest BCUT2D eigenvalue weighted by atomic mass is 16.7. The average molecular weight is 345 g/mol. The van der Waals surface area contributed by atoms with Crippen LogP contribution in [0.2, 0.25) is 0 Å². The number of rotatable bonds is 4. The monoisotopic (exact) mass is 345 g/mol. The third-order valence-corrected chi connectivity index (χ3v) is 5.80. The first-order chi connectivity index (χ1) is 12.2. The minimum Gasteiger partial charge on any atom is -0.493 e. The molecule has 0 aromatic heterocycles. The highest BCUT2D eigenvalue weighted by Crippen LogP contribution is 2.41. The molecule has 2 saturated carbocycles. The van der Waals surface area contributed by atoms with Crippen LogP contribution in [0.1, 0.15) is 63.4 Å². The molecule has 25 heavy (non-hydrogen) atoms. The van der Waals surface area contributed by atoms with Crippen LogP contribution in [0, 0.1) is 0 Å². The Morgan fingerprint density at radius 1 is 1.12 bits per heavy atom. The summed E-state index contributed by atoms with van der Waals surface area (Å²) < 4.78 is 11.7. The minimum atomic E-state index is -0.221. The highest BCUT2D eigenvalue weighted by Gasteiger charge is 2.42. The smallest absolute Gasteiger partial charge is 0.162 e. The number of oxime groups is 1. The molecule has 0 bridgehead atoms. The van der Waals surface area contributed by atoms with E-state index in [1.807, 2.05) is 18.2 Å². The summed E-state index contributed by atoms with van der Waals surface area (Å²) in [4.78, 5) is 5.83. The Hall–Kier alpha value is -1.75. The lowest BCUT2D eigenvalue weighted by Gasteiger charge is -2.32. The number of aliphatic hydroxyl groups excluding tert-OH is 1. The van der Waals surface area contributed by atoms with Crippen molar-refractivity contribution in [1.82, 2.24) is 0 Å². The molecule has 5 heteroatoms. The molecule has 1 N–H and O–H groups in total. The van der Waals surface area contributed by atoms with Crippen molar-refractivity contribution in [2.45, 2.75) is 75.6 Å². The number of benzene rings is 1. The van der Waals surface area contributed by atoms with Crippen LogP contribution in [0.5, 0.6) is 11.5 Å². The van der Waals surface area contributed by atoms with Crippen LogP contribution in [-0.2, 0) is 4.84 Å². The van der Waals surface area contributed by atoms with Gasteiger partial charge in [-0.15, -0.1) is 0 Å². The number of methoxy groups -OCH3 is 1. The first-order valence-corrected chi connectivity index (χ1v) is 9.46. The van der Waals surface area contributed by atoms with Crippen molar-refractivity contribution < 1.29 is 19.4 Å². The van der Waals surface area contributed by atoms with Gasteiger partial charge in [-0.25, -0.2) is 0 Å². The number of hydrogen-bond acceptors (Lipinski definition) is 5. The summed E-state index contributed by atoms with van der Waals surface area (Å²) in [5.41, 5.74) is 1.79. The summed E-state index contributed by atoms with van der Waals surface area (Å²) >= 11 is 0. The van der Waals surface area contributed by atoms with Crippen LogP contribution in [0.15, 0.2) is 23.4 Å². The molecule has 0 saturated heterocycles. The van der Waals surface area contributed by atoms with Gasteiger partial charge in [0.2, 0.25) is 0 Å². The van der Waals surface area contributed by atoms with Gasteiger partial charge >= 0.3 is 0 Å². The van der Waals surface area contributed by atoms with Gasteiger partial charge in [0, 0.05) is 12.0 Å². The van der Waals surface area contributed by atoms with Crippen molar-refractivity contribution in [3.63, 3.8) is 0 Å². The van der Waals surface area contributed by atoms with E-state index in [0.29, 0.717) is 0 Å². The summed E-state index contributed by atoms with van der Waals surface area (Å²) in [6.45, 7) is 0. The van der Waals surface area contributed by atoms with Crippen LogP contribution in [0.4, 0.5) is 0 Å². The van der Waals surface area contributed by atoms with E-state index in [1.165, 1.54) is 12.8 Å². The van der Waals surface area contributed by atoms with Gasteiger partial charge in [0.05, 0.1) is 25.0 Å². The average Bonchev–Trinajstić information content (AvgIpc) is 3.28. The second-order valence-electron chi connectivity index (χ2n) is 7.61. The molecule has 1 aliphatic heterocycles. The van der Waals surface area contributed by atoms with E-state index in [0.717, 1.165) is 67.7 Å². The molecule has 136 valence electrons. The number of nitrogens with zero attached hydrogens (tertiary/aromatic N) is 1. The van der Waals surface area contributed by atoms with Crippen molar-refractivity contribution in [2.24, 2.45) is 5.16 Å². The maximum Gasteiger partial charge on any atom is 0.162 e. The van der Waals surface area contributed by atoms with Crippen LogP contribution >= 0.6 is 0 Å². The van der Waals surface area contributed by atoms with Gasteiger partial charge in [-0.05, 0) is 69.6 Å². The fraction of sp³-hybridized carbons (Fsp3) is 0.650. The van der Waals surface area contributed by atoms with Crippen molar-refractivity contribution in [3.05, 3.63) is 23.8 Å². The molecular weight excluding hydrogens is 318 g/mol. The molecule has 0 atom stereocenters. The molecule has 1 heterocycles. The van der Waals surface area contributed by atoms with Gasteiger partial charge in [-0.3, -0.25) is 0 Å². The largest absolute Gasteiger partial charge is 0.493 e. The lowest BCUT2D eigenvalue weighted by molar-refractivity contribution is -0.0676. The number of aliphatic hydroxyl groups is 1. The molecule has 0 unspecified atom stereocenters. The number of hydrogen-bond donors (Lipinski definition) is 1. The molecule has 2 aliphatic carbocycles. The van der Waals surface area contributed by atoms with Gasteiger partial charge in [0.25, 0.3) is 0 Å². The Kier molecular flexibility index (Phi) is 4.59. The maximum absolute atomic E-state index is 9.74. The Morgan fingerprint density at radius 2 is 1.88 bits per heavy atom. The van der Waals surface area contributed by atoms with E-state index in [9.17, 15) is 5.11 Å². The van der Waals surface area contributed by atoms with E-state index in [2.05, 4.69) is 5.16 Å². The molecule has 1 aromatic rings. The quantitative estimate of drug-likeness (QED) is 0.901. The van der Waals surface area contributed by atoms with Crippen LogP contribution in [0.25, 0.3) is 0 Å². The zero-order chi connectivity index (χ0) is 17.3. The molecule has 0 radical (unpaired) electrons. The summed E-state index contributed by atoms with van der Waals surface area (Å²) in [7, 11) is 1.68. The van der Waals surface area contributed by atoms with Crippen LogP contribution < -0.4 is 9.47 Å². The molecule has 5 nitrogen and oxygen atoms in total. The van der Waals surface area contributed by atoms with Gasteiger partial charge in [-0.2, -0.15) is 0 Å². The normalized spacial score (nSPS) is 29.5. The zero-order valence-corrected chi connectivity index (χ0v) is 14.9. The molecule has 1 spiro atoms. The van der Waals surface area contributed by atoms with Crippen molar-refractivity contribution >= 4 is 5.71 Å². The standard InChI is InChI=1S/C20H27NO4/c1-23-18-7-6-14(12-19(18)24-16-4-2-3-5-16)17-13-20(25-21-17)10-8-15(22)9-11-20/h6-7,12,15-16,22H,2-5,8-11,13H2,1H3. The molecule has 2 fully saturated rings. The fourth-order valence-electron chi connectivity index (χ4n) is 4.21. The zero-order valence-electron chi connectivity index (χ0n) is 14.9. The molecule has 3 aliphatic rings. The Bertz CT molecular complexity index is 643. The fourth-order valence-corrected chi connectivity index (χ4v) is 4.21. The lowest BCUT2D eigenvalue weighted by Crippen LogP contribution is -2.36. The molecular formula is C20H27NO4. The third-order valence-electron chi connectivity index (χ3n) is 5.80. The Labute approximate surface area is 149 Å². The van der Waals surface area contributed by atoms with Crippen LogP contribution in [0.3, 0.4) is 0 Å². The van der Waals surface area contributed by atoms with Crippen LogP contribution in [-0.4, -0.2) is 35.7 Å². The van der Waals surface area contributed by atoms with E-state index in [1.54, 1.807) is 7.11 Å². The summed E-state index contributed by atoms with van der Waals surface area (Å²) in [6.07, 6.45) is 8.92. The molecule has 1 aromatic carbocycles. The molecule has 4 rings (SSSR count). The Morgan fingerprint density at radius 3 is 2.60 bits per heavy atom. The second-order valence-corrected chi connectivity index (χ2v) is 7.61. The van der Waals surface area contributed by atoms with Gasteiger partial charge in [-0.1, -0.05) is 5.16 Å². The summed E-state index contributed by atoms with van der Waals surface area (Å²) in [5, 5.41) is 14.1. The molecule has 0 amide bonds. The summed E-state index contributed by atoms with van der Waals surface area (Å²) in [5.74, 6) is 1.57. The van der Waals surface area contributed by atoms with Crippen molar-refractivity contribution in [3.8, 4) is 11.5 Å². The number of ether oxygens (including phenoxy) is 2. The van der Waals surface area contributed by atoms with Gasteiger partial charge < -0.3 is 19.4 Å². The van der Waals surface area contributed by atoms with Gasteiger partial charge in [0.15, 0.2) is 11.5 Å². The van der Waals surface area contributed by atoms with E-state index in [-0.39, 0.29) is 17.8 Å². The third kappa shape index (κ3) is 3.47. The minimum absolute atomic E-state index is 0.189. The van der Waals surface area contributed by atoms with Crippen molar-refractivity contribution in [2.75, 3.05) is 7.11 Å². The second kappa shape index (κ2) is 6.87. The Balaban J connectivity index is 1.50. The predicted octanol–water partition coefficient (Wildman–Crippen LogP) is 3.81. The summed E-state index contributed by atoms with van der Waals surface area (Å²) in [6, 6.07) is 6.02. The van der Waals surface area contributed by atoms with E-state index < -0.39 is 0 Å². The van der Waals surface area contributed by atoms with E-state index in [4.69, 9.17) is 14.3 Å². The SMILES string of the molecule is COc1ccc(C2=NOC3(CCC(O)CC3)C2)cc1OC1CCCC1. The van der Waals surface area contributed by atoms with Gasteiger partial charge in [0.1, 0.15) is 5.60 Å². The maximum atomic E-state index is 9.74. The predicted molar refractivity (Wildman–Crippen MR) is 95.3 cm³/mol. The lowest BCUT2D eigenvalue weighted by atomic mass is 9.79. The first kappa shape index (κ1) is 16.7. The van der Waals surface area contributed by atoms with E-state index >= 15 is 0 Å². The first-order valence-electron chi connectivity index (χ1n) is 9.46. The van der Waals surface area contributed by atoms with Crippen molar-refractivity contribution in [1.29, 1.82) is 0 Å².